The number of benzene rings is 2. The molecular formula is C21H24N4O4S. The summed E-state index contributed by atoms with van der Waals surface area (Å²) < 4.78 is 26.1. The van der Waals surface area contributed by atoms with Gasteiger partial charge in [-0.05, 0) is 31.5 Å². The van der Waals surface area contributed by atoms with Gasteiger partial charge in [0.1, 0.15) is 0 Å². The van der Waals surface area contributed by atoms with Gasteiger partial charge in [-0.3, -0.25) is 15.0 Å². The van der Waals surface area contributed by atoms with Crippen molar-refractivity contribution in [2.24, 2.45) is 0 Å². The van der Waals surface area contributed by atoms with Crippen LogP contribution in [0.3, 0.4) is 0 Å². The fraction of sp³-hybridized carbons (Fsp3) is 0.286. The normalized spacial score (nSPS) is 11.5. The van der Waals surface area contributed by atoms with Gasteiger partial charge in [0, 0.05) is 11.9 Å². The van der Waals surface area contributed by atoms with E-state index >= 15 is 0 Å². The lowest BCUT2D eigenvalue weighted by molar-refractivity contribution is 0.0939. The highest BCUT2D eigenvalue weighted by Crippen LogP contribution is 2.14. The molecule has 0 aliphatic carbocycles. The summed E-state index contributed by atoms with van der Waals surface area (Å²) in [5.41, 5.74) is 2.82. The van der Waals surface area contributed by atoms with Gasteiger partial charge < -0.3 is 0 Å². The molecule has 0 aliphatic rings. The molecule has 0 unspecified atom stereocenters. The second kappa shape index (κ2) is 9.19. The molecule has 0 saturated heterocycles. The van der Waals surface area contributed by atoms with Crippen LogP contribution in [0.1, 0.15) is 42.2 Å². The zero-order chi connectivity index (χ0) is 21.7. The Bertz CT molecular complexity index is 1220. The average molecular weight is 429 g/mol. The molecule has 158 valence electrons. The first-order valence-corrected chi connectivity index (χ1v) is 11.2. The number of carbonyl (C=O) groups is 1. The summed E-state index contributed by atoms with van der Waals surface area (Å²) in [5, 5.41) is 4.93. The van der Waals surface area contributed by atoms with Gasteiger partial charge in [-0.25, -0.2) is 13.1 Å². The third kappa shape index (κ3) is 4.74. The van der Waals surface area contributed by atoms with E-state index in [4.69, 9.17) is 0 Å². The highest BCUT2D eigenvalue weighted by atomic mass is 32.2. The summed E-state index contributed by atoms with van der Waals surface area (Å²) in [5.74, 6) is -0.744. The van der Waals surface area contributed by atoms with E-state index in [-0.39, 0.29) is 16.1 Å². The molecule has 8 nitrogen and oxygen atoms in total. The van der Waals surface area contributed by atoms with E-state index < -0.39 is 15.9 Å². The lowest BCUT2D eigenvalue weighted by Crippen LogP contribution is -2.42. The number of sulfonamides is 1. The van der Waals surface area contributed by atoms with Crippen LogP contribution in [0.15, 0.2) is 58.2 Å². The van der Waals surface area contributed by atoms with Crippen LogP contribution in [0.5, 0.6) is 0 Å². The Kier molecular flexibility index (Phi) is 6.63. The van der Waals surface area contributed by atoms with Crippen molar-refractivity contribution in [3.8, 4) is 0 Å². The highest BCUT2D eigenvalue weighted by molar-refractivity contribution is 7.89. The quantitative estimate of drug-likeness (QED) is 0.423. The minimum atomic E-state index is -3.95. The van der Waals surface area contributed by atoms with Gasteiger partial charge in [0.2, 0.25) is 0 Å². The lowest BCUT2D eigenvalue weighted by Gasteiger charge is -2.12. The zero-order valence-corrected chi connectivity index (χ0v) is 17.7. The Balaban J connectivity index is 1.89. The van der Waals surface area contributed by atoms with E-state index in [1.165, 1.54) is 16.8 Å². The Hall–Kier alpha value is -3.04. The molecule has 3 aromatic rings. The van der Waals surface area contributed by atoms with Crippen LogP contribution in [-0.2, 0) is 16.6 Å². The standard InChI is InChI=1S/C21H24N4O4S/c1-3-4-7-14-25-21(27)18-9-6-5-8-17(18)19(23-25)20(26)22-24-30(28,29)16-12-10-15(2)11-13-16/h5-6,8-13,24H,3-4,7,14H2,1-2H3,(H,22,26). The molecule has 30 heavy (non-hydrogen) atoms. The maximum atomic E-state index is 12.8. The minimum Gasteiger partial charge on any atom is -0.272 e. The number of rotatable bonds is 8. The van der Waals surface area contributed by atoms with Crippen LogP contribution < -0.4 is 15.8 Å². The van der Waals surface area contributed by atoms with Crippen LogP contribution in [0.2, 0.25) is 0 Å². The summed E-state index contributed by atoms with van der Waals surface area (Å²) >= 11 is 0. The molecule has 0 fully saturated rings. The van der Waals surface area contributed by atoms with Crippen LogP contribution in [0.4, 0.5) is 0 Å². The number of aromatic nitrogens is 2. The van der Waals surface area contributed by atoms with Gasteiger partial charge in [0.05, 0.1) is 10.3 Å². The zero-order valence-electron chi connectivity index (χ0n) is 16.9. The molecule has 0 saturated carbocycles. The number of hydrogen-bond acceptors (Lipinski definition) is 5. The number of hydrogen-bond donors (Lipinski definition) is 2. The fourth-order valence-corrected chi connectivity index (χ4v) is 3.85. The molecule has 2 aromatic carbocycles. The molecule has 2 N–H and O–H groups in total. The first-order chi connectivity index (χ1) is 14.3. The van der Waals surface area contributed by atoms with E-state index in [1.54, 1.807) is 36.4 Å². The minimum absolute atomic E-state index is 0.0201. The Morgan fingerprint density at radius 2 is 1.70 bits per heavy atom. The molecule has 3 rings (SSSR count). The van der Waals surface area contributed by atoms with Gasteiger partial charge in [-0.1, -0.05) is 55.7 Å². The summed E-state index contributed by atoms with van der Waals surface area (Å²) in [4.78, 5) is 27.6. The second-order valence-corrected chi connectivity index (χ2v) is 8.68. The van der Waals surface area contributed by atoms with Crippen molar-refractivity contribution in [2.45, 2.75) is 44.6 Å². The van der Waals surface area contributed by atoms with Crippen LogP contribution in [0.25, 0.3) is 10.8 Å². The van der Waals surface area contributed by atoms with Crippen molar-refractivity contribution in [2.75, 3.05) is 0 Å². The van der Waals surface area contributed by atoms with Gasteiger partial charge in [0.15, 0.2) is 5.69 Å². The van der Waals surface area contributed by atoms with Crippen molar-refractivity contribution in [1.82, 2.24) is 20.0 Å². The van der Waals surface area contributed by atoms with Crippen molar-refractivity contribution in [1.29, 1.82) is 0 Å². The first kappa shape index (κ1) is 21.7. The summed E-state index contributed by atoms with van der Waals surface area (Å²) in [6.07, 6.45) is 2.66. The maximum Gasteiger partial charge on any atom is 0.287 e. The summed E-state index contributed by atoms with van der Waals surface area (Å²) in [6.45, 7) is 4.28. The fourth-order valence-electron chi connectivity index (χ4n) is 3.02. The average Bonchev–Trinajstić information content (AvgIpc) is 2.74. The van der Waals surface area contributed by atoms with Crippen molar-refractivity contribution < 1.29 is 13.2 Å². The van der Waals surface area contributed by atoms with Gasteiger partial charge >= 0.3 is 0 Å². The number of amides is 1. The molecule has 1 aromatic heterocycles. The van der Waals surface area contributed by atoms with Crippen LogP contribution in [0, 0.1) is 6.92 Å². The number of nitrogens with zero attached hydrogens (tertiary/aromatic N) is 2. The van der Waals surface area contributed by atoms with Gasteiger partial charge in [-0.15, -0.1) is 4.83 Å². The second-order valence-electron chi connectivity index (χ2n) is 7.00. The predicted octanol–water partition coefficient (Wildman–Crippen LogP) is 2.52. The maximum absolute atomic E-state index is 12.8. The monoisotopic (exact) mass is 428 g/mol. The van der Waals surface area contributed by atoms with Gasteiger partial charge in [0.25, 0.3) is 21.5 Å². The number of unbranched alkanes of at least 4 members (excludes halogenated alkanes) is 2. The third-order valence-electron chi connectivity index (χ3n) is 4.69. The van der Waals surface area contributed by atoms with Crippen molar-refractivity contribution in [3.63, 3.8) is 0 Å². The Morgan fingerprint density at radius 1 is 1.03 bits per heavy atom. The number of nitrogens with one attached hydrogen (secondary N) is 2. The van der Waals surface area contributed by atoms with Crippen molar-refractivity contribution >= 4 is 26.7 Å². The number of fused-ring (bicyclic) bond motifs is 1. The Morgan fingerprint density at radius 3 is 2.37 bits per heavy atom. The van der Waals surface area contributed by atoms with E-state index in [0.717, 1.165) is 24.8 Å². The Labute approximate surface area is 174 Å². The summed E-state index contributed by atoms with van der Waals surface area (Å²) in [6, 6.07) is 12.9. The van der Waals surface area contributed by atoms with E-state index in [9.17, 15) is 18.0 Å². The van der Waals surface area contributed by atoms with Crippen LogP contribution >= 0.6 is 0 Å². The molecule has 9 heteroatoms. The molecule has 1 heterocycles. The molecule has 1 amide bonds. The molecular weight excluding hydrogens is 404 g/mol. The molecule has 0 radical (unpaired) electrons. The van der Waals surface area contributed by atoms with E-state index in [0.29, 0.717) is 17.3 Å². The topological polar surface area (TPSA) is 110 Å². The smallest absolute Gasteiger partial charge is 0.272 e. The predicted molar refractivity (Wildman–Crippen MR) is 114 cm³/mol. The van der Waals surface area contributed by atoms with E-state index in [2.05, 4.69) is 22.3 Å². The number of carbonyl (C=O) groups excluding carboxylic acids is 1. The van der Waals surface area contributed by atoms with Crippen LogP contribution in [-0.4, -0.2) is 24.1 Å². The number of aryl methyl sites for hydroxylation is 2. The molecule has 0 aliphatic heterocycles. The molecule has 0 spiro atoms. The van der Waals surface area contributed by atoms with E-state index in [1.807, 2.05) is 6.92 Å². The van der Waals surface area contributed by atoms with Gasteiger partial charge in [-0.2, -0.15) is 5.10 Å². The largest absolute Gasteiger partial charge is 0.287 e. The summed E-state index contributed by atoms with van der Waals surface area (Å²) in [7, 11) is -3.95. The SMILES string of the molecule is CCCCCn1nc(C(=O)NNS(=O)(=O)c2ccc(C)cc2)c2ccccc2c1=O. The molecule has 0 atom stereocenters. The molecule has 0 bridgehead atoms. The number of hydrazine groups is 1. The lowest BCUT2D eigenvalue weighted by atomic mass is 10.1. The highest BCUT2D eigenvalue weighted by Gasteiger charge is 2.20. The third-order valence-corrected chi connectivity index (χ3v) is 5.95. The first-order valence-electron chi connectivity index (χ1n) is 9.72. The van der Waals surface area contributed by atoms with Crippen molar-refractivity contribution in [3.05, 3.63) is 70.1 Å².